The molecule has 0 atom stereocenters. The van der Waals surface area contributed by atoms with Crippen LogP contribution in [0.15, 0.2) is 29.6 Å². The summed E-state index contributed by atoms with van der Waals surface area (Å²) < 4.78 is 0. The third-order valence-electron chi connectivity index (χ3n) is 3.00. The van der Waals surface area contributed by atoms with Gasteiger partial charge in [0.15, 0.2) is 0 Å². The van der Waals surface area contributed by atoms with Crippen LogP contribution in [0, 0.1) is 11.8 Å². The molecule has 4 heteroatoms. The third-order valence-corrected chi connectivity index (χ3v) is 4.85. The number of hydrogen-bond donors (Lipinski definition) is 1. The lowest BCUT2D eigenvalue weighted by atomic mass is 10.3. The fraction of sp³-hybridized carbons (Fsp3) is 0.375. The maximum Gasteiger partial charge on any atom is 0.0772 e. The molecule has 0 aromatic carbocycles. The highest BCUT2D eigenvalue weighted by Gasteiger charge is 2.12. The van der Waals surface area contributed by atoms with Crippen molar-refractivity contribution in [3.63, 3.8) is 0 Å². The summed E-state index contributed by atoms with van der Waals surface area (Å²) in [6.45, 7) is 6.90. The molecular formula is C16H20N2S2. The van der Waals surface area contributed by atoms with Crippen molar-refractivity contribution in [1.82, 2.24) is 4.90 Å². The van der Waals surface area contributed by atoms with Crippen molar-refractivity contribution in [3.8, 4) is 11.8 Å². The van der Waals surface area contributed by atoms with Crippen molar-refractivity contribution in [2.75, 3.05) is 6.54 Å². The second kappa shape index (κ2) is 7.61. The van der Waals surface area contributed by atoms with E-state index in [2.05, 4.69) is 60.2 Å². The topological polar surface area (TPSA) is 29.3 Å². The SMILES string of the molecule is CC(C)N(Cc1cccs1)Cc1ccc(C#CCN)s1. The zero-order chi connectivity index (χ0) is 14.4. The maximum atomic E-state index is 5.40. The molecule has 0 aliphatic rings. The van der Waals surface area contributed by atoms with E-state index in [4.69, 9.17) is 5.73 Å². The molecule has 0 bridgehead atoms. The van der Waals surface area contributed by atoms with Crippen LogP contribution in [-0.2, 0) is 13.1 Å². The molecule has 0 unspecified atom stereocenters. The summed E-state index contributed by atoms with van der Waals surface area (Å²) in [4.78, 5) is 6.36. The Hall–Kier alpha value is -1.12. The number of hydrogen-bond acceptors (Lipinski definition) is 4. The van der Waals surface area contributed by atoms with Crippen LogP contribution in [0.2, 0.25) is 0 Å². The van der Waals surface area contributed by atoms with E-state index >= 15 is 0 Å². The molecule has 0 spiro atoms. The van der Waals surface area contributed by atoms with E-state index in [9.17, 15) is 0 Å². The molecule has 2 aromatic heterocycles. The van der Waals surface area contributed by atoms with E-state index in [1.807, 2.05) is 11.3 Å². The van der Waals surface area contributed by atoms with Gasteiger partial charge in [-0.3, -0.25) is 4.90 Å². The Kier molecular flexibility index (Phi) is 5.81. The normalized spacial score (nSPS) is 10.8. The van der Waals surface area contributed by atoms with Gasteiger partial charge in [-0.1, -0.05) is 17.9 Å². The highest BCUT2D eigenvalue weighted by Crippen LogP contribution is 2.21. The van der Waals surface area contributed by atoms with Gasteiger partial charge in [-0.2, -0.15) is 0 Å². The van der Waals surface area contributed by atoms with Crippen molar-refractivity contribution in [1.29, 1.82) is 0 Å². The van der Waals surface area contributed by atoms with E-state index in [0.717, 1.165) is 18.0 Å². The molecule has 20 heavy (non-hydrogen) atoms. The lowest BCUT2D eigenvalue weighted by molar-refractivity contribution is 0.207. The molecule has 0 amide bonds. The first-order chi connectivity index (χ1) is 9.69. The number of nitrogens with two attached hydrogens (primary N) is 1. The molecule has 2 aromatic rings. The average molecular weight is 304 g/mol. The van der Waals surface area contributed by atoms with Gasteiger partial charge in [-0.25, -0.2) is 0 Å². The second-order valence-corrected chi connectivity index (χ2v) is 7.05. The van der Waals surface area contributed by atoms with Crippen molar-refractivity contribution in [2.45, 2.75) is 33.0 Å². The maximum absolute atomic E-state index is 5.40. The van der Waals surface area contributed by atoms with Crippen LogP contribution >= 0.6 is 22.7 Å². The van der Waals surface area contributed by atoms with Crippen LogP contribution in [0.3, 0.4) is 0 Å². The van der Waals surface area contributed by atoms with Gasteiger partial charge in [0.2, 0.25) is 0 Å². The summed E-state index contributed by atoms with van der Waals surface area (Å²) in [6.07, 6.45) is 0. The number of rotatable bonds is 5. The van der Waals surface area contributed by atoms with Crippen LogP contribution in [0.1, 0.15) is 28.5 Å². The molecule has 0 aliphatic heterocycles. The summed E-state index contributed by atoms with van der Waals surface area (Å²) in [5.41, 5.74) is 5.40. The van der Waals surface area contributed by atoms with E-state index < -0.39 is 0 Å². The largest absolute Gasteiger partial charge is 0.320 e. The Morgan fingerprint density at radius 3 is 2.65 bits per heavy atom. The average Bonchev–Trinajstić information content (AvgIpc) is 3.07. The summed E-state index contributed by atoms with van der Waals surface area (Å²) >= 11 is 3.58. The molecule has 2 rings (SSSR count). The Bertz CT molecular complexity index is 573. The fourth-order valence-corrected chi connectivity index (χ4v) is 3.53. The van der Waals surface area contributed by atoms with Gasteiger partial charge in [0, 0.05) is 28.9 Å². The molecule has 2 heterocycles. The first kappa shape index (κ1) is 15.3. The van der Waals surface area contributed by atoms with Gasteiger partial charge < -0.3 is 5.73 Å². The first-order valence-corrected chi connectivity index (χ1v) is 8.42. The molecule has 0 aliphatic carbocycles. The minimum absolute atomic E-state index is 0.420. The predicted molar refractivity (Wildman–Crippen MR) is 89.0 cm³/mol. The Morgan fingerprint density at radius 2 is 2.00 bits per heavy atom. The zero-order valence-corrected chi connectivity index (χ0v) is 13.6. The predicted octanol–water partition coefficient (Wildman–Crippen LogP) is 3.53. The van der Waals surface area contributed by atoms with Crippen LogP contribution in [0.25, 0.3) is 0 Å². The van der Waals surface area contributed by atoms with Crippen LogP contribution in [0.5, 0.6) is 0 Å². The highest BCUT2D eigenvalue weighted by molar-refractivity contribution is 7.12. The van der Waals surface area contributed by atoms with E-state index in [-0.39, 0.29) is 0 Å². The number of nitrogens with zero attached hydrogens (tertiary/aromatic N) is 1. The Balaban J connectivity index is 2.02. The minimum Gasteiger partial charge on any atom is -0.320 e. The smallest absolute Gasteiger partial charge is 0.0772 e. The van der Waals surface area contributed by atoms with Gasteiger partial charge in [0.1, 0.15) is 0 Å². The summed E-state index contributed by atoms with van der Waals surface area (Å²) in [5.74, 6) is 6.01. The second-order valence-electron chi connectivity index (χ2n) is 4.85. The van der Waals surface area contributed by atoms with Crippen LogP contribution < -0.4 is 5.73 Å². The molecule has 0 radical (unpaired) electrons. The van der Waals surface area contributed by atoms with Gasteiger partial charge >= 0.3 is 0 Å². The van der Waals surface area contributed by atoms with Crippen LogP contribution in [-0.4, -0.2) is 17.5 Å². The lowest BCUT2D eigenvalue weighted by Crippen LogP contribution is -2.29. The standard InChI is InChI=1S/C16H20N2S2/c1-13(2)18(11-15-6-4-10-19-15)12-16-8-7-14(20-16)5-3-9-17/h4,6-8,10,13H,9,11-12,17H2,1-2H3. The molecule has 0 fully saturated rings. The molecular weight excluding hydrogens is 284 g/mol. The first-order valence-electron chi connectivity index (χ1n) is 6.73. The van der Waals surface area contributed by atoms with E-state index in [0.29, 0.717) is 12.6 Å². The van der Waals surface area contributed by atoms with E-state index in [1.54, 1.807) is 11.3 Å². The third kappa shape index (κ3) is 4.46. The Labute approximate surface area is 129 Å². The summed E-state index contributed by atoms with van der Waals surface area (Å²) in [5, 5.41) is 2.14. The Morgan fingerprint density at radius 1 is 1.20 bits per heavy atom. The van der Waals surface area contributed by atoms with Gasteiger partial charge in [-0.05, 0) is 37.4 Å². The van der Waals surface area contributed by atoms with Crippen molar-refractivity contribution >= 4 is 22.7 Å². The zero-order valence-electron chi connectivity index (χ0n) is 11.9. The molecule has 2 nitrogen and oxygen atoms in total. The fourth-order valence-electron chi connectivity index (χ4n) is 1.89. The minimum atomic E-state index is 0.420. The van der Waals surface area contributed by atoms with Crippen molar-refractivity contribution in [3.05, 3.63) is 44.3 Å². The van der Waals surface area contributed by atoms with Crippen LogP contribution in [0.4, 0.5) is 0 Å². The molecule has 0 saturated carbocycles. The van der Waals surface area contributed by atoms with Gasteiger partial charge in [0.25, 0.3) is 0 Å². The van der Waals surface area contributed by atoms with Gasteiger partial charge in [-0.15, -0.1) is 22.7 Å². The quantitative estimate of drug-likeness (QED) is 0.856. The monoisotopic (exact) mass is 304 g/mol. The highest BCUT2D eigenvalue weighted by atomic mass is 32.1. The molecule has 106 valence electrons. The lowest BCUT2D eigenvalue weighted by Gasteiger charge is -2.25. The summed E-state index contributed by atoms with van der Waals surface area (Å²) in [6, 6.07) is 9.11. The summed E-state index contributed by atoms with van der Waals surface area (Å²) in [7, 11) is 0. The van der Waals surface area contributed by atoms with E-state index in [1.165, 1.54) is 9.75 Å². The molecule has 0 saturated heterocycles. The van der Waals surface area contributed by atoms with Crippen molar-refractivity contribution in [2.24, 2.45) is 5.73 Å². The molecule has 2 N–H and O–H groups in total. The number of thiophene rings is 2. The van der Waals surface area contributed by atoms with Gasteiger partial charge in [0.05, 0.1) is 11.4 Å². The van der Waals surface area contributed by atoms with Crippen molar-refractivity contribution < 1.29 is 0 Å².